The van der Waals surface area contributed by atoms with Crippen molar-refractivity contribution < 1.29 is 19.4 Å². The van der Waals surface area contributed by atoms with E-state index < -0.39 is 0 Å². The number of methoxy groups -OCH3 is 2. The Morgan fingerprint density at radius 2 is 1.93 bits per heavy atom. The lowest BCUT2D eigenvalue weighted by molar-refractivity contribution is 0.0728. The first-order valence-corrected chi connectivity index (χ1v) is 9.55. The summed E-state index contributed by atoms with van der Waals surface area (Å²) in [4.78, 5) is 14.9. The molecule has 1 saturated heterocycles. The molecule has 3 rings (SSSR count). The van der Waals surface area contributed by atoms with Gasteiger partial charge in [-0.25, -0.2) is 0 Å². The lowest BCUT2D eigenvalue weighted by Gasteiger charge is -2.38. The first-order valence-electron chi connectivity index (χ1n) is 9.55. The highest BCUT2D eigenvalue weighted by Gasteiger charge is 2.30. The number of nitrogens with one attached hydrogen (secondary N) is 1. The van der Waals surface area contributed by atoms with E-state index in [0.29, 0.717) is 24.4 Å². The molecule has 2 N–H and O–H groups in total. The molecule has 0 saturated carbocycles. The molecule has 2 aromatic rings. The molecule has 1 fully saturated rings. The van der Waals surface area contributed by atoms with E-state index in [1.807, 2.05) is 36.4 Å². The Kier molecular flexibility index (Phi) is 6.90. The van der Waals surface area contributed by atoms with Crippen LogP contribution in [0.4, 0.5) is 0 Å². The van der Waals surface area contributed by atoms with Gasteiger partial charge in [-0.3, -0.25) is 9.69 Å². The number of likely N-dealkylation sites (tertiary alicyclic amines) is 1. The molecule has 0 radical (unpaired) electrons. The average molecular weight is 384 g/mol. The van der Waals surface area contributed by atoms with Crippen molar-refractivity contribution in [2.24, 2.45) is 5.92 Å². The van der Waals surface area contributed by atoms with Crippen LogP contribution in [0.25, 0.3) is 0 Å². The fourth-order valence-electron chi connectivity index (χ4n) is 3.75. The number of ether oxygens (including phenoxy) is 2. The number of nitrogens with zero attached hydrogens (tertiary/aromatic N) is 1. The lowest BCUT2D eigenvalue weighted by atomic mass is 9.91. The highest BCUT2D eigenvalue weighted by atomic mass is 16.5. The van der Waals surface area contributed by atoms with E-state index in [2.05, 4.69) is 10.2 Å². The highest BCUT2D eigenvalue weighted by molar-refractivity contribution is 5.94. The Labute approximate surface area is 166 Å². The monoisotopic (exact) mass is 384 g/mol. The molecule has 6 heteroatoms. The largest absolute Gasteiger partial charge is 0.493 e. The minimum Gasteiger partial charge on any atom is -0.493 e. The maximum Gasteiger partial charge on any atom is 0.251 e. The van der Waals surface area contributed by atoms with Gasteiger partial charge in [0.15, 0.2) is 11.5 Å². The van der Waals surface area contributed by atoms with Crippen LogP contribution in [0.1, 0.15) is 22.3 Å². The van der Waals surface area contributed by atoms with Crippen molar-refractivity contribution in [1.82, 2.24) is 10.2 Å². The number of amides is 1. The molecule has 6 nitrogen and oxygen atoms in total. The minimum absolute atomic E-state index is 0.0520. The number of aliphatic hydroxyl groups excluding tert-OH is 1. The second-order valence-electron chi connectivity index (χ2n) is 7.07. The normalized spacial score (nSPS) is 19.8. The molecule has 0 bridgehead atoms. The van der Waals surface area contributed by atoms with E-state index in [-0.39, 0.29) is 24.5 Å². The summed E-state index contributed by atoms with van der Waals surface area (Å²) in [5, 5.41) is 12.9. The molecule has 2 aromatic carbocycles. The molecule has 28 heavy (non-hydrogen) atoms. The van der Waals surface area contributed by atoms with Gasteiger partial charge in [-0.05, 0) is 31.2 Å². The van der Waals surface area contributed by atoms with Crippen LogP contribution in [0, 0.1) is 5.92 Å². The molecule has 0 spiro atoms. The quantitative estimate of drug-likeness (QED) is 0.767. The van der Waals surface area contributed by atoms with Crippen LogP contribution in [0.2, 0.25) is 0 Å². The zero-order valence-corrected chi connectivity index (χ0v) is 16.4. The zero-order chi connectivity index (χ0) is 19.9. The molecule has 2 unspecified atom stereocenters. The maximum atomic E-state index is 12.6. The van der Waals surface area contributed by atoms with Gasteiger partial charge in [-0.1, -0.05) is 30.3 Å². The number of aliphatic hydroxyl groups is 1. The van der Waals surface area contributed by atoms with Crippen LogP contribution < -0.4 is 14.8 Å². The average Bonchev–Trinajstić information content (AvgIpc) is 2.74. The summed E-state index contributed by atoms with van der Waals surface area (Å²) in [5.41, 5.74) is 1.67. The molecule has 1 aliphatic rings. The van der Waals surface area contributed by atoms with E-state index in [1.54, 1.807) is 26.4 Å². The second kappa shape index (κ2) is 9.57. The van der Waals surface area contributed by atoms with Crippen LogP contribution in [0.3, 0.4) is 0 Å². The second-order valence-corrected chi connectivity index (χ2v) is 7.07. The molecule has 0 aliphatic carbocycles. The molecule has 1 heterocycles. The summed E-state index contributed by atoms with van der Waals surface area (Å²) >= 11 is 0. The van der Waals surface area contributed by atoms with Crippen molar-refractivity contribution in [3.05, 3.63) is 59.7 Å². The van der Waals surface area contributed by atoms with Gasteiger partial charge in [-0.15, -0.1) is 0 Å². The molecule has 150 valence electrons. The smallest absolute Gasteiger partial charge is 0.251 e. The third-order valence-electron chi connectivity index (χ3n) is 5.31. The van der Waals surface area contributed by atoms with E-state index in [1.165, 1.54) is 0 Å². The number of rotatable bonds is 7. The van der Waals surface area contributed by atoms with Crippen molar-refractivity contribution in [2.45, 2.75) is 19.0 Å². The van der Waals surface area contributed by atoms with Crippen LogP contribution in [-0.2, 0) is 6.54 Å². The summed E-state index contributed by atoms with van der Waals surface area (Å²) in [6, 6.07) is 14.9. The molecule has 1 amide bonds. The summed E-state index contributed by atoms with van der Waals surface area (Å²) in [6.45, 7) is 2.28. The SMILES string of the molecule is COc1cccc(CN2CCC(CO)C(NC(=O)c3ccccc3)C2)c1OC. The van der Waals surface area contributed by atoms with Gasteiger partial charge in [0.05, 0.1) is 14.2 Å². The predicted octanol–water partition coefficient (Wildman–Crippen LogP) is 2.32. The first kappa shape index (κ1) is 20.2. The van der Waals surface area contributed by atoms with Crippen LogP contribution >= 0.6 is 0 Å². The van der Waals surface area contributed by atoms with Crippen molar-refractivity contribution >= 4 is 5.91 Å². The fourth-order valence-corrected chi connectivity index (χ4v) is 3.75. The third-order valence-corrected chi connectivity index (χ3v) is 5.31. The topological polar surface area (TPSA) is 71.0 Å². The third kappa shape index (κ3) is 4.64. The summed E-state index contributed by atoms with van der Waals surface area (Å²) < 4.78 is 10.9. The number of carbonyl (C=O) groups excluding carboxylic acids is 1. The van der Waals surface area contributed by atoms with Gasteiger partial charge >= 0.3 is 0 Å². The van der Waals surface area contributed by atoms with E-state index in [0.717, 1.165) is 24.3 Å². The van der Waals surface area contributed by atoms with Gasteiger partial charge < -0.3 is 19.9 Å². The van der Waals surface area contributed by atoms with Gasteiger partial charge in [0.2, 0.25) is 0 Å². The van der Waals surface area contributed by atoms with Gasteiger partial charge in [-0.2, -0.15) is 0 Å². The Morgan fingerprint density at radius 3 is 2.61 bits per heavy atom. The fraction of sp³-hybridized carbons (Fsp3) is 0.409. The van der Waals surface area contributed by atoms with Crippen molar-refractivity contribution in [3.8, 4) is 11.5 Å². The number of carbonyl (C=O) groups is 1. The Hall–Kier alpha value is -2.57. The Bertz CT molecular complexity index is 781. The maximum absolute atomic E-state index is 12.6. The molecular formula is C22H28N2O4. The van der Waals surface area contributed by atoms with Crippen molar-refractivity contribution in [2.75, 3.05) is 33.9 Å². The molecular weight excluding hydrogens is 356 g/mol. The highest BCUT2D eigenvalue weighted by Crippen LogP contribution is 2.32. The van der Waals surface area contributed by atoms with Gasteiger partial charge in [0.25, 0.3) is 5.91 Å². The number of hydrogen-bond donors (Lipinski definition) is 2. The minimum atomic E-state index is -0.108. The van der Waals surface area contributed by atoms with Crippen LogP contribution in [-0.4, -0.2) is 55.9 Å². The van der Waals surface area contributed by atoms with Crippen molar-refractivity contribution in [3.63, 3.8) is 0 Å². The van der Waals surface area contributed by atoms with Gasteiger partial charge in [0.1, 0.15) is 0 Å². The predicted molar refractivity (Wildman–Crippen MR) is 108 cm³/mol. The van der Waals surface area contributed by atoms with E-state index in [4.69, 9.17) is 9.47 Å². The number of benzene rings is 2. The summed E-state index contributed by atoms with van der Waals surface area (Å²) in [7, 11) is 3.27. The summed E-state index contributed by atoms with van der Waals surface area (Å²) in [6.07, 6.45) is 0.822. The van der Waals surface area contributed by atoms with Crippen LogP contribution in [0.5, 0.6) is 11.5 Å². The summed E-state index contributed by atoms with van der Waals surface area (Å²) in [5.74, 6) is 1.39. The number of piperidine rings is 1. The zero-order valence-electron chi connectivity index (χ0n) is 16.4. The van der Waals surface area contributed by atoms with E-state index in [9.17, 15) is 9.90 Å². The van der Waals surface area contributed by atoms with E-state index >= 15 is 0 Å². The Morgan fingerprint density at radius 1 is 1.14 bits per heavy atom. The molecule has 0 aromatic heterocycles. The molecule has 1 aliphatic heterocycles. The van der Waals surface area contributed by atoms with Gasteiger partial charge in [0, 0.05) is 42.8 Å². The van der Waals surface area contributed by atoms with Crippen LogP contribution in [0.15, 0.2) is 48.5 Å². The lowest BCUT2D eigenvalue weighted by Crippen LogP contribution is -2.53. The first-order chi connectivity index (χ1) is 13.7. The van der Waals surface area contributed by atoms with Crippen molar-refractivity contribution in [1.29, 1.82) is 0 Å². The number of hydrogen-bond acceptors (Lipinski definition) is 5. The number of para-hydroxylation sites is 1. The standard InChI is InChI=1S/C22H28N2O4/c1-27-20-10-6-9-17(21(20)28-2)13-24-12-11-18(15-25)19(14-24)23-22(26)16-7-4-3-5-8-16/h3-10,18-19,25H,11-15H2,1-2H3,(H,23,26). The molecule has 2 atom stereocenters. The Balaban J connectivity index is 1.71.